The smallest absolute Gasteiger partial charge is 0.257 e. The molecule has 0 saturated heterocycles. The van der Waals surface area contributed by atoms with Crippen LogP contribution in [0.25, 0.3) is 0 Å². The fraction of sp³-hybridized carbons (Fsp3) is 0.455. The molecule has 94 valence electrons. The molecule has 0 aliphatic carbocycles. The van der Waals surface area contributed by atoms with E-state index in [1.54, 1.807) is 12.3 Å². The van der Waals surface area contributed by atoms with E-state index in [1.165, 1.54) is 0 Å². The molecule has 0 fully saturated rings. The zero-order valence-corrected chi connectivity index (χ0v) is 12.0. The van der Waals surface area contributed by atoms with Crippen LogP contribution >= 0.6 is 22.6 Å². The molecule has 0 saturated carbocycles. The molecular formula is C11H15IN2O3. The molecule has 0 unspecified atom stereocenters. The molecule has 0 aliphatic heterocycles. The fourth-order valence-electron chi connectivity index (χ4n) is 1.20. The van der Waals surface area contributed by atoms with Crippen molar-refractivity contribution < 1.29 is 14.3 Å². The number of rotatable bonds is 6. The van der Waals surface area contributed by atoms with Gasteiger partial charge < -0.3 is 14.8 Å². The Morgan fingerprint density at radius 3 is 2.71 bits per heavy atom. The van der Waals surface area contributed by atoms with Gasteiger partial charge in [-0.05, 0) is 13.8 Å². The minimum Gasteiger partial charge on any atom is -0.488 e. The van der Waals surface area contributed by atoms with Gasteiger partial charge in [0.2, 0.25) is 5.91 Å². The number of alkyl halides is 1. The number of pyridine rings is 1. The molecule has 0 aromatic carbocycles. The molecule has 0 bridgehead atoms. The zero-order chi connectivity index (χ0) is 12.7. The Hall–Kier alpha value is -1.05. The van der Waals surface area contributed by atoms with Crippen molar-refractivity contribution in [2.75, 3.05) is 23.0 Å². The predicted molar refractivity (Wildman–Crippen MR) is 74.1 cm³/mol. The average Bonchev–Trinajstić information content (AvgIpc) is 2.33. The summed E-state index contributed by atoms with van der Waals surface area (Å²) >= 11 is 2.00. The summed E-state index contributed by atoms with van der Waals surface area (Å²) in [5.74, 6) is 0.918. The number of anilines is 1. The van der Waals surface area contributed by atoms with Crippen LogP contribution in [0.3, 0.4) is 0 Å². The monoisotopic (exact) mass is 350 g/mol. The van der Waals surface area contributed by atoms with E-state index in [1.807, 2.05) is 36.4 Å². The van der Waals surface area contributed by atoms with E-state index >= 15 is 0 Å². The molecule has 1 amide bonds. The van der Waals surface area contributed by atoms with Crippen LogP contribution in [-0.4, -0.2) is 28.5 Å². The van der Waals surface area contributed by atoms with Crippen molar-refractivity contribution in [2.45, 2.75) is 13.8 Å². The lowest BCUT2D eigenvalue weighted by Crippen LogP contribution is -2.12. The van der Waals surface area contributed by atoms with E-state index in [9.17, 15) is 4.79 Å². The predicted octanol–water partition coefficient (Wildman–Crippen LogP) is 2.25. The quantitative estimate of drug-likeness (QED) is 0.632. The summed E-state index contributed by atoms with van der Waals surface area (Å²) < 4.78 is 11.1. The van der Waals surface area contributed by atoms with Gasteiger partial charge >= 0.3 is 0 Å². The minimum absolute atomic E-state index is 0.0704. The van der Waals surface area contributed by atoms with Gasteiger partial charge in [-0.25, -0.2) is 4.98 Å². The number of hydrogen-bond acceptors (Lipinski definition) is 4. The number of nitrogens with zero attached hydrogens (tertiary/aromatic N) is 1. The molecule has 1 aromatic heterocycles. The van der Waals surface area contributed by atoms with Gasteiger partial charge in [-0.3, -0.25) is 4.79 Å². The standard InChI is InChI=1S/C11H15IN2O3/c1-3-16-9-5-8(14-10(15)6-12)7-13-11(9)17-4-2/h5,7H,3-4,6H2,1-2H3,(H,14,15). The van der Waals surface area contributed by atoms with E-state index < -0.39 is 0 Å². The molecule has 1 N–H and O–H groups in total. The normalized spacial score (nSPS) is 9.82. The molecule has 6 heteroatoms. The molecule has 1 aromatic rings. The number of carbonyl (C=O) groups is 1. The van der Waals surface area contributed by atoms with Gasteiger partial charge in [-0.2, -0.15) is 0 Å². The Morgan fingerprint density at radius 1 is 1.41 bits per heavy atom. The van der Waals surface area contributed by atoms with Crippen molar-refractivity contribution in [3.05, 3.63) is 12.3 Å². The first-order valence-electron chi connectivity index (χ1n) is 5.32. The lowest BCUT2D eigenvalue weighted by molar-refractivity contribution is -0.113. The highest BCUT2D eigenvalue weighted by Gasteiger charge is 2.09. The van der Waals surface area contributed by atoms with Gasteiger partial charge in [0.15, 0.2) is 5.75 Å². The lowest BCUT2D eigenvalue weighted by atomic mass is 10.3. The van der Waals surface area contributed by atoms with E-state index in [0.717, 1.165) is 0 Å². The number of hydrogen-bond donors (Lipinski definition) is 1. The van der Waals surface area contributed by atoms with Crippen molar-refractivity contribution in [3.8, 4) is 11.6 Å². The van der Waals surface area contributed by atoms with Crippen LogP contribution in [0.4, 0.5) is 5.69 Å². The summed E-state index contributed by atoms with van der Waals surface area (Å²) in [4.78, 5) is 15.4. The summed E-state index contributed by atoms with van der Waals surface area (Å²) in [5.41, 5.74) is 0.610. The van der Waals surface area contributed by atoms with Gasteiger partial charge in [0.25, 0.3) is 5.88 Å². The summed E-state index contributed by atoms with van der Waals surface area (Å²) in [7, 11) is 0. The van der Waals surface area contributed by atoms with Crippen molar-refractivity contribution in [1.82, 2.24) is 4.98 Å². The Kier molecular flexibility index (Phi) is 6.03. The first kappa shape index (κ1) is 14.0. The first-order chi connectivity index (χ1) is 8.21. The summed E-state index contributed by atoms with van der Waals surface area (Å²) in [6, 6.07) is 1.71. The molecule has 1 rings (SSSR count). The van der Waals surface area contributed by atoms with Gasteiger partial charge in [0.05, 0.1) is 29.5 Å². The molecule has 0 spiro atoms. The largest absolute Gasteiger partial charge is 0.488 e. The number of amides is 1. The Labute approximate surface area is 114 Å². The minimum atomic E-state index is -0.0704. The second-order valence-corrected chi connectivity index (χ2v) is 3.84. The molecule has 0 aliphatic rings. The van der Waals surface area contributed by atoms with Crippen molar-refractivity contribution in [2.24, 2.45) is 0 Å². The summed E-state index contributed by atoms with van der Waals surface area (Å²) in [6.45, 7) is 4.80. The van der Waals surface area contributed by atoms with Crippen molar-refractivity contribution >= 4 is 34.2 Å². The summed E-state index contributed by atoms with van der Waals surface area (Å²) in [5, 5.41) is 2.72. The summed E-state index contributed by atoms with van der Waals surface area (Å²) in [6.07, 6.45) is 1.55. The molecule has 5 nitrogen and oxygen atoms in total. The van der Waals surface area contributed by atoms with E-state index in [0.29, 0.717) is 35.0 Å². The SMILES string of the molecule is CCOc1cc(NC(=O)CI)cnc1OCC. The van der Waals surface area contributed by atoms with Gasteiger partial charge in [-0.15, -0.1) is 0 Å². The Bertz CT molecular complexity index is 385. The third-order valence-electron chi connectivity index (χ3n) is 1.80. The van der Waals surface area contributed by atoms with Gasteiger partial charge in [0, 0.05) is 6.07 Å². The zero-order valence-electron chi connectivity index (χ0n) is 9.83. The highest BCUT2D eigenvalue weighted by atomic mass is 127. The second-order valence-electron chi connectivity index (χ2n) is 3.08. The van der Waals surface area contributed by atoms with E-state index in [4.69, 9.17) is 9.47 Å². The van der Waals surface area contributed by atoms with Gasteiger partial charge in [-0.1, -0.05) is 22.6 Å². The highest BCUT2D eigenvalue weighted by Crippen LogP contribution is 2.27. The maximum absolute atomic E-state index is 11.2. The average molecular weight is 350 g/mol. The number of ether oxygens (including phenoxy) is 2. The number of nitrogens with one attached hydrogen (secondary N) is 1. The molecule has 1 heterocycles. The topological polar surface area (TPSA) is 60.5 Å². The molecule has 17 heavy (non-hydrogen) atoms. The van der Waals surface area contributed by atoms with E-state index in [2.05, 4.69) is 10.3 Å². The van der Waals surface area contributed by atoms with Crippen molar-refractivity contribution in [3.63, 3.8) is 0 Å². The highest BCUT2D eigenvalue weighted by molar-refractivity contribution is 14.1. The third-order valence-corrected chi connectivity index (χ3v) is 2.50. The van der Waals surface area contributed by atoms with Crippen LogP contribution in [0, 0.1) is 0 Å². The van der Waals surface area contributed by atoms with Crippen LogP contribution < -0.4 is 14.8 Å². The number of aromatic nitrogens is 1. The third kappa shape index (κ3) is 4.37. The number of halogens is 1. The van der Waals surface area contributed by atoms with Crippen LogP contribution in [0.2, 0.25) is 0 Å². The van der Waals surface area contributed by atoms with Gasteiger partial charge in [0.1, 0.15) is 0 Å². The molecular weight excluding hydrogens is 335 g/mol. The fourth-order valence-corrected chi connectivity index (χ4v) is 1.39. The number of carbonyl (C=O) groups excluding carboxylic acids is 1. The van der Waals surface area contributed by atoms with Crippen LogP contribution in [0.1, 0.15) is 13.8 Å². The maximum atomic E-state index is 11.2. The van der Waals surface area contributed by atoms with Crippen LogP contribution in [0.5, 0.6) is 11.6 Å². The van der Waals surface area contributed by atoms with E-state index in [-0.39, 0.29) is 5.91 Å². The molecule has 0 radical (unpaired) electrons. The Balaban J connectivity index is 2.88. The lowest BCUT2D eigenvalue weighted by Gasteiger charge is -2.11. The second kappa shape index (κ2) is 7.31. The van der Waals surface area contributed by atoms with Crippen molar-refractivity contribution in [1.29, 1.82) is 0 Å². The molecule has 0 atom stereocenters. The maximum Gasteiger partial charge on any atom is 0.257 e. The Morgan fingerprint density at radius 2 is 2.12 bits per heavy atom. The van der Waals surface area contributed by atoms with Crippen LogP contribution in [-0.2, 0) is 4.79 Å². The van der Waals surface area contributed by atoms with Crippen LogP contribution in [0.15, 0.2) is 12.3 Å². The first-order valence-corrected chi connectivity index (χ1v) is 6.85.